The second-order valence-electron chi connectivity index (χ2n) is 6.37. The van der Waals surface area contributed by atoms with Gasteiger partial charge in [0.15, 0.2) is 0 Å². The Morgan fingerprint density at radius 3 is 1.70 bits per heavy atom. The summed E-state index contributed by atoms with van der Waals surface area (Å²) in [7, 11) is 2.15. The average molecular weight is 280 g/mol. The zero-order chi connectivity index (χ0) is 14.6. The van der Waals surface area contributed by atoms with Gasteiger partial charge in [-0.1, -0.05) is 71.1 Å². The molecule has 1 aliphatic rings. The van der Waals surface area contributed by atoms with E-state index in [0.29, 0.717) is 6.17 Å². The lowest BCUT2D eigenvalue weighted by Crippen LogP contribution is -2.34. The van der Waals surface area contributed by atoms with Crippen LogP contribution in [0, 0.1) is 0 Å². The van der Waals surface area contributed by atoms with Gasteiger partial charge in [0.25, 0.3) is 0 Å². The van der Waals surface area contributed by atoms with E-state index in [0.717, 1.165) is 0 Å². The van der Waals surface area contributed by atoms with E-state index in [2.05, 4.69) is 43.1 Å². The van der Waals surface area contributed by atoms with E-state index in [1.807, 2.05) is 0 Å². The zero-order valence-electron chi connectivity index (χ0n) is 14.1. The number of hydrogen-bond acceptors (Lipinski definition) is 2. The molecule has 1 heterocycles. The first kappa shape index (κ1) is 17.4. The second-order valence-corrected chi connectivity index (χ2v) is 6.37. The Labute approximate surface area is 127 Å². The molecule has 2 nitrogen and oxygen atoms in total. The fraction of sp³-hybridized carbons (Fsp3) is 0.889. The Bertz CT molecular complexity index is 250. The predicted octanol–water partition coefficient (Wildman–Crippen LogP) is 5.36. The van der Waals surface area contributed by atoms with E-state index < -0.39 is 0 Å². The number of hydrogen-bond donors (Lipinski definition) is 0. The van der Waals surface area contributed by atoms with Gasteiger partial charge in [-0.2, -0.15) is 0 Å². The Balaban J connectivity index is 1.80. The lowest BCUT2D eigenvalue weighted by Gasteiger charge is -2.26. The largest absolute Gasteiger partial charge is 0.359 e. The van der Waals surface area contributed by atoms with Gasteiger partial charge in [0.2, 0.25) is 0 Å². The molecule has 1 unspecified atom stereocenters. The molecule has 1 aliphatic heterocycles. The summed E-state index contributed by atoms with van der Waals surface area (Å²) < 4.78 is 0. The first-order valence-electron chi connectivity index (χ1n) is 8.91. The monoisotopic (exact) mass is 280 g/mol. The number of nitrogens with zero attached hydrogens (tertiary/aromatic N) is 2. The van der Waals surface area contributed by atoms with Crippen LogP contribution in [0.5, 0.6) is 0 Å². The smallest absolute Gasteiger partial charge is 0.0974 e. The molecule has 0 aromatic carbocycles. The van der Waals surface area contributed by atoms with Gasteiger partial charge in [-0.15, -0.1) is 0 Å². The molecular weight excluding hydrogens is 244 g/mol. The Hall–Kier alpha value is -0.660. The van der Waals surface area contributed by atoms with Crippen molar-refractivity contribution in [2.24, 2.45) is 0 Å². The van der Waals surface area contributed by atoms with E-state index in [-0.39, 0.29) is 0 Å². The number of rotatable bonds is 12. The first-order chi connectivity index (χ1) is 9.75. The molecule has 0 fully saturated rings. The molecule has 0 bridgehead atoms. The molecule has 0 N–H and O–H groups in total. The quantitative estimate of drug-likeness (QED) is 0.444. The molecule has 0 radical (unpaired) electrons. The van der Waals surface area contributed by atoms with E-state index in [9.17, 15) is 0 Å². The van der Waals surface area contributed by atoms with Crippen LogP contribution in [-0.4, -0.2) is 29.6 Å². The van der Waals surface area contributed by atoms with Crippen molar-refractivity contribution in [1.82, 2.24) is 9.80 Å². The Kier molecular flexibility index (Phi) is 9.61. The highest BCUT2D eigenvalue weighted by Crippen LogP contribution is 2.15. The van der Waals surface area contributed by atoms with Crippen molar-refractivity contribution in [3.8, 4) is 0 Å². The highest BCUT2D eigenvalue weighted by molar-refractivity contribution is 4.93. The zero-order valence-corrected chi connectivity index (χ0v) is 14.1. The second kappa shape index (κ2) is 11.0. The van der Waals surface area contributed by atoms with Crippen LogP contribution in [0.2, 0.25) is 0 Å². The maximum absolute atomic E-state index is 2.45. The minimum Gasteiger partial charge on any atom is -0.359 e. The van der Waals surface area contributed by atoms with Crippen molar-refractivity contribution < 1.29 is 0 Å². The van der Waals surface area contributed by atoms with E-state index in [1.165, 1.54) is 77.2 Å². The topological polar surface area (TPSA) is 6.48 Å². The van der Waals surface area contributed by atoms with Crippen molar-refractivity contribution in [2.45, 2.75) is 90.6 Å². The molecule has 118 valence electrons. The molecule has 2 heteroatoms. The first-order valence-corrected chi connectivity index (χ1v) is 8.91. The fourth-order valence-electron chi connectivity index (χ4n) is 2.89. The summed E-state index contributed by atoms with van der Waals surface area (Å²) in [5.74, 6) is 0. The summed E-state index contributed by atoms with van der Waals surface area (Å²) in [6.45, 7) is 5.79. The van der Waals surface area contributed by atoms with E-state index in [4.69, 9.17) is 0 Å². The summed E-state index contributed by atoms with van der Waals surface area (Å²) >= 11 is 0. The normalized spacial score (nSPS) is 18.2. The highest BCUT2D eigenvalue weighted by Gasteiger charge is 2.17. The van der Waals surface area contributed by atoms with Crippen molar-refractivity contribution in [3.05, 3.63) is 12.4 Å². The van der Waals surface area contributed by atoms with Crippen molar-refractivity contribution in [1.29, 1.82) is 0 Å². The predicted molar refractivity (Wildman–Crippen MR) is 89.5 cm³/mol. The summed E-state index contributed by atoms with van der Waals surface area (Å²) in [5, 5.41) is 0. The van der Waals surface area contributed by atoms with Crippen LogP contribution in [0.4, 0.5) is 0 Å². The standard InChI is InChI=1S/C18H36N2/c1-4-5-6-7-8-9-10-11-12-13-14-15-20-17-16-19(3)18(20)2/h16-18H,4-15H2,1-3H3. The molecular formula is C18H36N2. The lowest BCUT2D eigenvalue weighted by atomic mass is 10.1. The fourth-order valence-corrected chi connectivity index (χ4v) is 2.89. The van der Waals surface area contributed by atoms with Crippen LogP contribution in [0.3, 0.4) is 0 Å². The summed E-state index contributed by atoms with van der Waals surface area (Å²) in [5.41, 5.74) is 0. The van der Waals surface area contributed by atoms with Crippen molar-refractivity contribution in [2.75, 3.05) is 13.6 Å². The van der Waals surface area contributed by atoms with E-state index >= 15 is 0 Å². The van der Waals surface area contributed by atoms with Crippen molar-refractivity contribution >= 4 is 0 Å². The molecule has 0 amide bonds. The van der Waals surface area contributed by atoms with Gasteiger partial charge in [0, 0.05) is 26.0 Å². The van der Waals surface area contributed by atoms with Gasteiger partial charge < -0.3 is 9.80 Å². The van der Waals surface area contributed by atoms with Crippen LogP contribution < -0.4 is 0 Å². The lowest BCUT2D eigenvalue weighted by molar-refractivity contribution is 0.192. The Morgan fingerprint density at radius 1 is 0.750 bits per heavy atom. The average Bonchev–Trinajstić information content (AvgIpc) is 2.76. The molecule has 0 aromatic rings. The van der Waals surface area contributed by atoms with Gasteiger partial charge in [-0.3, -0.25) is 0 Å². The third-order valence-electron chi connectivity index (χ3n) is 4.58. The van der Waals surface area contributed by atoms with Gasteiger partial charge in [0.1, 0.15) is 0 Å². The molecule has 0 spiro atoms. The van der Waals surface area contributed by atoms with E-state index in [1.54, 1.807) is 0 Å². The third kappa shape index (κ3) is 7.21. The van der Waals surface area contributed by atoms with Crippen molar-refractivity contribution in [3.63, 3.8) is 0 Å². The summed E-state index contributed by atoms with van der Waals surface area (Å²) in [6, 6.07) is 0. The molecule has 0 saturated heterocycles. The molecule has 20 heavy (non-hydrogen) atoms. The van der Waals surface area contributed by atoms with Gasteiger partial charge in [0.05, 0.1) is 6.17 Å². The van der Waals surface area contributed by atoms with Crippen LogP contribution in [-0.2, 0) is 0 Å². The minimum atomic E-state index is 0.554. The maximum atomic E-state index is 2.45. The van der Waals surface area contributed by atoms with Crippen LogP contribution in [0.25, 0.3) is 0 Å². The SMILES string of the molecule is CCCCCCCCCCCCCN1C=CN(C)C1C. The third-order valence-corrected chi connectivity index (χ3v) is 4.58. The molecule has 0 aromatic heterocycles. The molecule has 0 saturated carbocycles. The van der Waals surface area contributed by atoms with Crippen LogP contribution in [0.15, 0.2) is 12.4 Å². The number of unbranched alkanes of at least 4 members (excludes halogenated alkanes) is 10. The van der Waals surface area contributed by atoms with Gasteiger partial charge in [-0.05, 0) is 13.3 Å². The van der Waals surface area contributed by atoms with Gasteiger partial charge in [-0.25, -0.2) is 0 Å². The maximum Gasteiger partial charge on any atom is 0.0974 e. The summed E-state index contributed by atoms with van der Waals surface area (Å²) in [4.78, 5) is 4.73. The van der Waals surface area contributed by atoms with Gasteiger partial charge >= 0.3 is 0 Å². The Morgan fingerprint density at radius 2 is 1.25 bits per heavy atom. The molecule has 1 atom stereocenters. The summed E-state index contributed by atoms with van der Waals surface area (Å²) in [6.07, 6.45) is 20.7. The van der Waals surface area contributed by atoms with Crippen LogP contribution in [0.1, 0.15) is 84.5 Å². The highest BCUT2D eigenvalue weighted by atomic mass is 15.4. The molecule has 1 rings (SSSR count). The van der Waals surface area contributed by atoms with Crippen LogP contribution >= 0.6 is 0 Å². The minimum absolute atomic E-state index is 0.554. The molecule has 0 aliphatic carbocycles.